The summed E-state index contributed by atoms with van der Waals surface area (Å²) >= 11 is 6.35. The van der Waals surface area contributed by atoms with E-state index in [1.807, 2.05) is 0 Å². The van der Waals surface area contributed by atoms with Crippen LogP contribution in [0.4, 0.5) is 0 Å². The fourth-order valence-corrected chi connectivity index (χ4v) is 3.62. The van der Waals surface area contributed by atoms with E-state index in [0.29, 0.717) is 27.2 Å². The lowest BCUT2D eigenvalue weighted by atomic mass is 9.77. The Kier molecular flexibility index (Phi) is 5.69. The molecular formula is C18H20B3ClN2O5. The van der Waals surface area contributed by atoms with Gasteiger partial charge in [0.2, 0.25) is 0 Å². The van der Waals surface area contributed by atoms with Gasteiger partial charge in [0, 0.05) is 22.3 Å². The zero-order valence-corrected chi connectivity index (χ0v) is 17.2. The molecule has 148 valence electrons. The summed E-state index contributed by atoms with van der Waals surface area (Å²) in [5.41, 5.74) is 0.927. The third-order valence-electron chi connectivity index (χ3n) is 5.40. The first-order chi connectivity index (χ1) is 13.5. The molecule has 0 bridgehead atoms. The lowest BCUT2D eigenvalue weighted by Gasteiger charge is -2.28. The molecular weight excluding hydrogens is 392 g/mol. The molecule has 0 aliphatic heterocycles. The van der Waals surface area contributed by atoms with Gasteiger partial charge in [-0.25, -0.2) is 4.79 Å². The number of phenolic OH excluding ortho intramolecular Hbond substituents is 1. The number of carbonyl (C=O) groups is 2. The average molecular weight is 412 g/mol. The van der Waals surface area contributed by atoms with Crippen LogP contribution in [-0.2, 0) is 4.79 Å². The molecule has 0 spiro atoms. The van der Waals surface area contributed by atoms with Gasteiger partial charge in [-0.15, -0.1) is 0 Å². The summed E-state index contributed by atoms with van der Waals surface area (Å²) in [7, 11) is 4.59. The number of phenols is 1. The molecule has 0 radical (unpaired) electrons. The van der Waals surface area contributed by atoms with Crippen LogP contribution in [0.15, 0.2) is 18.3 Å². The van der Waals surface area contributed by atoms with Crippen LogP contribution in [-0.4, -0.2) is 61.3 Å². The van der Waals surface area contributed by atoms with Crippen molar-refractivity contribution in [3.63, 3.8) is 0 Å². The van der Waals surface area contributed by atoms with Gasteiger partial charge in [0.15, 0.2) is 13.5 Å². The van der Waals surface area contributed by atoms with Gasteiger partial charge < -0.3 is 20.6 Å². The molecule has 7 nitrogen and oxygen atoms in total. The number of aromatic nitrogens is 1. The highest BCUT2D eigenvalue weighted by atomic mass is 35.5. The van der Waals surface area contributed by atoms with Crippen molar-refractivity contribution in [1.29, 1.82) is 0 Å². The van der Waals surface area contributed by atoms with Gasteiger partial charge in [0.25, 0.3) is 5.91 Å². The number of carbonyl (C=O) groups excluding carboxylic acids is 1. The third kappa shape index (κ3) is 4.00. The van der Waals surface area contributed by atoms with Crippen molar-refractivity contribution in [2.24, 2.45) is 0 Å². The van der Waals surface area contributed by atoms with E-state index in [9.17, 15) is 19.8 Å². The first-order valence-corrected chi connectivity index (χ1v) is 9.68. The van der Waals surface area contributed by atoms with Crippen molar-refractivity contribution >= 4 is 57.9 Å². The van der Waals surface area contributed by atoms with Gasteiger partial charge in [-0.2, -0.15) is 0 Å². The maximum absolute atomic E-state index is 12.6. The van der Waals surface area contributed by atoms with Gasteiger partial charge in [-0.05, 0) is 36.5 Å². The quantitative estimate of drug-likeness (QED) is 0.333. The summed E-state index contributed by atoms with van der Waals surface area (Å²) < 4.78 is 0. The van der Waals surface area contributed by atoms with E-state index in [-0.39, 0.29) is 17.4 Å². The van der Waals surface area contributed by atoms with Gasteiger partial charge in [0.05, 0.1) is 0 Å². The number of rotatable bonds is 5. The van der Waals surface area contributed by atoms with Crippen LogP contribution >= 0.6 is 11.6 Å². The number of pyridine rings is 1. The summed E-state index contributed by atoms with van der Waals surface area (Å²) in [6, 6.07) is 3.37. The van der Waals surface area contributed by atoms with E-state index in [4.69, 9.17) is 16.7 Å². The molecule has 11 heteroatoms. The standard InChI is InChI=1S/C18H20B3ClN2O5/c19-10-5-11(25)12(13(20)14(10)22)8-4-9(7-2-1-3-7)15(23-6-8)16(26)24-18(21,29)17(27)28/h4-7,25,29H,1-3,19-21H2,(H,24,26)(H,27,28). The molecule has 29 heavy (non-hydrogen) atoms. The van der Waals surface area contributed by atoms with Crippen LogP contribution < -0.4 is 16.2 Å². The maximum Gasteiger partial charge on any atom is 0.346 e. The number of amides is 1. The van der Waals surface area contributed by atoms with E-state index in [2.05, 4.69) is 10.3 Å². The van der Waals surface area contributed by atoms with E-state index in [1.54, 1.807) is 27.8 Å². The molecule has 1 heterocycles. The SMILES string of the molecule is Bc1cc(O)c(-c2cnc(C(=O)NC(B)(O)C(=O)O)c(C3CCC3)c2)c(B)c1Cl. The van der Waals surface area contributed by atoms with Gasteiger partial charge in [-0.1, -0.05) is 28.9 Å². The number of benzene rings is 1. The number of carboxylic acid groups (broad SMARTS) is 1. The molecule has 0 saturated heterocycles. The highest BCUT2D eigenvalue weighted by molar-refractivity contribution is 6.54. The number of hydrogen-bond donors (Lipinski definition) is 4. The molecule has 1 aromatic heterocycles. The minimum Gasteiger partial charge on any atom is -0.507 e. The lowest BCUT2D eigenvalue weighted by molar-refractivity contribution is -0.151. The van der Waals surface area contributed by atoms with Crippen LogP contribution in [0.25, 0.3) is 11.1 Å². The lowest BCUT2D eigenvalue weighted by Crippen LogP contribution is -2.55. The zero-order valence-electron chi connectivity index (χ0n) is 16.4. The Morgan fingerprint density at radius 3 is 2.48 bits per heavy atom. The number of aliphatic carboxylic acids is 1. The van der Waals surface area contributed by atoms with Crippen LogP contribution in [0.5, 0.6) is 5.75 Å². The highest BCUT2D eigenvalue weighted by Crippen LogP contribution is 2.40. The van der Waals surface area contributed by atoms with Crippen molar-refractivity contribution in [2.75, 3.05) is 0 Å². The molecule has 4 N–H and O–H groups in total. The fourth-order valence-electron chi connectivity index (χ4n) is 3.48. The molecule has 1 unspecified atom stereocenters. The second-order valence-electron chi connectivity index (χ2n) is 7.65. The van der Waals surface area contributed by atoms with E-state index in [0.717, 1.165) is 32.6 Å². The maximum atomic E-state index is 12.6. The average Bonchev–Trinajstić information content (AvgIpc) is 2.58. The van der Waals surface area contributed by atoms with Crippen molar-refractivity contribution in [3.05, 3.63) is 34.6 Å². The molecule has 1 amide bonds. The Morgan fingerprint density at radius 1 is 1.28 bits per heavy atom. The summed E-state index contributed by atoms with van der Waals surface area (Å²) in [5, 5.41) is 32.0. The van der Waals surface area contributed by atoms with Gasteiger partial charge >= 0.3 is 5.97 Å². The van der Waals surface area contributed by atoms with E-state index < -0.39 is 17.5 Å². The van der Waals surface area contributed by atoms with Crippen LogP contribution in [0, 0.1) is 0 Å². The molecule has 1 saturated carbocycles. The minimum atomic E-state index is -2.41. The summed E-state index contributed by atoms with van der Waals surface area (Å²) in [6.45, 7) is 0. The molecule has 1 fully saturated rings. The third-order valence-corrected chi connectivity index (χ3v) is 5.98. The van der Waals surface area contributed by atoms with Crippen molar-refractivity contribution in [2.45, 2.75) is 30.8 Å². The Hall–Kier alpha value is -2.45. The second kappa shape index (κ2) is 7.76. The number of carboxylic acids is 1. The predicted molar refractivity (Wildman–Crippen MR) is 118 cm³/mol. The monoisotopic (exact) mass is 412 g/mol. The van der Waals surface area contributed by atoms with Crippen molar-refractivity contribution < 1.29 is 24.9 Å². The second-order valence-corrected chi connectivity index (χ2v) is 8.03. The van der Waals surface area contributed by atoms with Crippen molar-refractivity contribution in [1.82, 2.24) is 10.3 Å². The Bertz CT molecular complexity index is 1010. The minimum absolute atomic E-state index is 0.0651. The normalized spacial score (nSPS) is 15.9. The number of halogens is 1. The molecule has 1 aliphatic rings. The van der Waals surface area contributed by atoms with E-state index >= 15 is 0 Å². The number of aromatic hydroxyl groups is 1. The Balaban J connectivity index is 2.08. The highest BCUT2D eigenvalue weighted by Gasteiger charge is 2.34. The molecule has 1 atom stereocenters. The number of aliphatic hydroxyl groups is 1. The van der Waals surface area contributed by atoms with Gasteiger partial charge in [0.1, 0.15) is 27.1 Å². The fraction of sp³-hybridized carbons (Fsp3) is 0.278. The van der Waals surface area contributed by atoms with Crippen molar-refractivity contribution in [3.8, 4) is 16.9 Å². The smallest absolute Gasteiger partial charge is 0.346 e. The summed E-state index contributed by atoms with van der Waals surface area (Å²) in [4.78, 5) is 28.0. The van der Waals surface area contributed by atoms with Crippen LogP contribution in [0.3, 0.4) is 0 Å². The predicted octanol–water partition coefficient (Wildman–Crippen LogP) is -2.01. The number of nitrogens with one attached hydrogen (secondary N) is 1. The van der Waals surface area contributed by atoms with Gasteiger partial charge in [-0.3, -0.25) is 9.78 Å². The summed E-state index contributed by atoms with van der Waals surface area (Å²) in [5.74, 6) is -2.17. The summed E-state index contributed by atoms with van der Waals surface area (Å²) in [6.07, 6.45) is 4.21. The molecule has 1 aromatic carbocycles. The Morgan fingerprint density at radius 2 is 1.93 bits per heavy atom. The van der Waals surface area contributed by atoms with Crippen LogP contribution in [0.1, 0.15) is 41.2 Å². The zero-order chi connectivity index (χ0) is 21.5. The first kappa shape index (κ1) is 21.3. The topological polar surface area (TPSA) is 120 Å². The first-order valence-electron chi connectivity index (χ1n) is 9.30. The molecule has 2 aromatic rings. The number of nitrogens with zero attached hydrogens (tertiary/aromatic N) is 1. The molecule has 1 aliphatic carbocycles. The molecule has 3 rings (SSSR count). The number of hydrogen-bond acceptors (Lipinski definition) is 5. The largest absolute Gasteiger partial charge is 0.507 e. The van der Waals surface area contributed by atoms with Crippen LogP contribution in [0.2, 0.25) is 5.02 Å². The van der Waals surface area contributed by atoms with E-state index in [1.165, 1.54) is 6.20 Å². The Labute approximate surface area is 175 Å².